The first-order valence-corrected chi connectivity index (χ1v) is 7.38. The first-order valence-electron chi connectivity index (χ1n) is 6.50. The average molecular weight is 284 g/mol. The fourth-order valence-corrected chi connectivity index (χ4v) is 3.13. The van der Waals surface area contributed by atoms with E-state index in [0.717, 1.165) is 18.1 Å². The number of rotatable bonds is 4. The van der Waals surface area contributed by atoms with E-state index in [1.165, 1.54) is 11.3 Å². The molecule has 6 heteroatoms. The second kappa shape index (κ2) is 5.46. The van der Waals surface area contributed by atoms with Crippen LogP contribution in [0.2, 0.25) is 0 Å². The summed E-state index contributed by atoms with van der Waals surface area (Å²) in [6, 6.07) is 0.334. The lowest BCUT2D eigenvalue weighted by atomic mass is 9.90. The predicted octanol–water partition coefficient (Wildman–Crippen LogP) is 2.12. The summed E-state index contributed by atoms with van der Waals surface area (Å²) in [4.78, 5) is 18.0. The number of ether oxygens (including phenoxy) is 1. The van der Waals surface area contributed by atoms with E-state index in [-0.39, 0.29) is 0 Å². The van der Waals surface area contributed by atoms with Gasteiger partial charge in [0.05, 0.1) is 24.9 Å². The van der Waals surface area contributed by atoms with E-state index in [9.17, 15) is 9.90 Å². The van der Waals surface area contributed by atoms with Crippen LogP contribution >= 0.6 is 11.3 Å². The molecular formula is C13H20N2O3S. The normalized spacial score (nSPS) is 20.6. The molecule has 19 heavy (non-hydrogen) atoms. The van der Waals surface area contributed by atoms with Crippen molar-refractivity contribution in [1.82, 2.24) is 4.98 Å². The van der Waals surface area contributed by atoms with Crippen molar-refractivity contribution in [2.75, 3.05) is 24.7 Å². The molecule has 0 amide bonds. The van der Waals surface area contributed by atoms with Gasteiger partial charge in [0.15, 0.2) is 5.13 Å². The second-order valence-corrected chi connectivity index (χ2v) is 6.11. The van der Waals surface area contributed by atoms with Gasteiger partial charge >= 0.3 is 5.97 Å². The Morgan fingerprint density at radius 1 is 1.68 bits per heavy atom. The summed E-state index contributed by atoms with van der Waals surface area (Å²) in [7, 11) is 0. The van der Waals surface area contributed by atoms with E-state index < -0.39 is 11.4 Å². The Labute approximate surface area is 117 Å². The minimum absolute atomic E-state index is 0.334. The van der Waals surface area contributed by atoms with Crippen molar-refractivity contribution >= 4 is 22.4 Å². The van der Waals surface area contributed by atoms with Gasteiger partial charge in [-0.05, 0) is 20.3 Å². The van der Waals surface area contributed by atoms with Crippen LogP contribution in [0.5, 0.6) is 0 Å². The lowest BCUT2D eigenvalue weighted by Gasteiger charge is -2.34. The molecule has 0 aromatic carbocycles. The quantitative estimate of drug-likeness (QED) is 0.917. The van der Waals surface area contributed by atoms with E-state index in [4.69, 9.17) is 4.74 Å². The molecular weight excluding hydrogens is 264 g/mol. The molecule has 1 fully saturated rings. The zero-order valence-electron chi connectivity index (χ0n) is 11.5. The SMILES string of the molecule is CCC1COCCN1c1nc(C(C)(C)C(=O)O)cs1. The lowest BCUT2D eigenvalue weighted by molar-refractivity contribution is -0.142. The monoisotopic (exact) mass is 284 g/mol. The predicted molar refractivity (Wildman–Crippen MR) is 75.0 cm³/mol. The molecule has 2 rings (SSSR count). The molecule has 0 spiro atoms. The van der Waals surface area contributed by atoms with Gasteiger partial charge < -0.3 is 14.7 Å². The van der Waals surface area contributed by atoms with Crippen LogP contribution in [0.15, 0.2) is 5.38 Å². The largest absolute Gasteiger partial charge is 0.481 e. The van der Waals surface area contributed by atoms with Crippen LogP contribution in [0.25, 0.3) is 0 Å². The van der Waals surface area contributed by atoms with Crippen molar-refractivity contribution in [2.45, 2.75) is 38.6 Å². The van der Waals surface area contributed by atoms with Crippen LogP contribution in [-0.4, -0.2) is 41.9 Å². The van der Waals surface area contributed by atoms with Crippen LogP contribution in [0.3, 0.4) is 0 Å². The lowest BCUT2D eigenvalue weighted by Crippen LogP contribution is -2.45. The van der Waals surface area contributed by atoms with Gasteiger partial charge in [-0.1, -0.05) is 6.92 Å². The van der Waals surface area contributed by atoms with Gasteiger partial charge in [0.2, 0.25) is 0 Å². The van der Waals surface area contributed by atoms with Gasteiger partial charge in [0.25, 0.3) is 0 Å². The molecule has 106 valence electrons. The Balaban J connectivity index is 2.23. The Kier molecular flexibility index (Phi) is 4.10. The third-order valence-corrected chi connectivity index (χ3v) is 4.49. The summed E-state index contributed by atoms with van der Waals surface area (Å²) in [5.41, 5.74) is -0.315. The molecule has 1 N–H and O–H groups in total. The molecule has 0 bridgehead atoms. The topological polar surface area (TPSA) is 62.7 Å². The summed E-state index contributed by atoms with van der Waals surface area (Å²) in [6.07, 6.45) is 0.997. The van der Waals surface area contributed by atoms with Crippen LogP contribution in [-0.2, 0) is 14.9 Å². The van der Waals surface area contributed by atoms with Crippen LogP contribution in [0.4, 0.5) is 5.13 Å². The van der Waals surface area contributed by atoms with E-state index in [1.807, 2.05) is 5.38 Å². The molecule has 0 aliphatic carbocycles. The van der Waals surface area contributed by atoms with E-state index in [1.54, 1.807) is 13.8 Å². The average Bonchev–Trinajstić information content (AvgIpc) is 2.88. The molecule has 5 nitrogen and oxygen atoms in total. The maximum absolute atomic E-state index is 11.3. The zero-order valence-corrected chi connectivity index (χ0v) is 12.4. The fraction of sp³-hybridized carbons (Fsp3) is 0.692. The number of morpholine rings is 1. The van der Waals surface area contributed by atoms with Crippen LogP contribution in [0, 0.1) is 0 Å². The molecule has 1 aromatic rings. The highest BCUT2D eigenvalue weighted by Gasteiger charge is 2.33. The zero-order chi connectivity index (χ0) is 14.0. The number of carbonyl (C=O) groups is 1. The number of anilines is 1. The number of nitrogens with zero attached hydrogens (tertiary/aromatic N) is 2. The number of hydrogen-bond acceptors (Lipinski definition) is 5. The molecule has 1 unspecified atom stereocenters. The summed E-state index contributed by atoms with van der Waals surface area (Å²) >= 11 is 1.52. The Morgan fingerprint density at radius 3 is 3.05 bits per heavy atom. The highest BCUT2D eigenvalue weighted by molar-refractivity contribution is 7.13. The second-order valence-electron chi connectivity index (χ2n) is 5.28. The molecule has 1 aromatic heterocycles. The van der Waals surface area contributed by atoms with Crippen LogP contribution < -0.4 is 4.90 Å². The summed E-state index contributed by atoms with van der Waals surface area (Å²) < 4.78 is 5.48. The number of thiazole rings is 1. The highest BCUT2D eigenvalue weighted by Crippen LogP contribution is 2.31. The minimum Gasteiger partial charge on any atom is -0.481 e. The molecule has 0 saturated carbocycles. The first kappa shape index (κ1) is 14.3. The number of hydrogen-bond donors (Lipinski definition) is 1. The molecule has 1 aliphatic rings. The Hall–Kier alpha value is -1.14. The Bertz CT molecular complexity index is 458. The van der Waals surface area contributed by atoms with E-state index in [0.29, 0.717) is 24.9 Å². The van der Waals surface area contributed by atoms with Crippen molar-refractivity contribution in [3.8, 4) is 0 Å². The summed E-state index contributed by atoms with van der Waals surface area (Å²) in [6.45, 7) is 7.73. The maximum atomic E-state index is 11.3. The van der Waals surface area contributed by atoms with Gasteiger partial charge in [-0.3, -0.25) is 4.79 Å². The third kappa shape index (κ3) is 2.74. The van der Waals surface area contributed by atoms with Crippen LogP contribution in [0.1, 0.15) is 32.9 Å². The van der Waals surface area contributed by atoms with Gasteiger partial charge in [0, 0.05) is 11.9 Å². The van der Waals surface area contributed by atoms with Gasteiger partial charge in [-0.15, -0.1) is 11.3 Å². The maximum Gasteiger partial charge on any atom is 0.315 e. The van der Waals surface area contributed by atoms with Crippen molar-refractivity contribution in [2.24, 2.45) is 0 Å². The number of carboxylic acid groups (broad SMARTS) is 1. The van der Waals surface area contributed by atoms with E-state index in [2.05, 4.69) is 16.8 Å². The van der Waals surface area contributed by atoms with Gasteiger partial charge in [-0.2, -0.15) is 0 Å². The molecule has 2 heterocycles. The third-order valence-electron chi connectivity index (χ3n) is 3.61. The molecule has 1 atom stereocenters. The molecule has 1 saturated heterocycles. The number of carboxylic acids is 1. The van der Waals surface area contributed by atoms with Crippen molar-refractivity contribution in [3.05, 3.63) is 11.1 Å². The standard InChI is InChI=1S/C13H20N2O3S/c1-4-9-7-18-6-5-15(9)12-14-10(8-19-12)13(2,3)11(16)17/h8-9H,4-7H2,1-3H3,(H,16,17). The molecule has 0 radical (unpaired) electrons. The smallest absolute Gasteiger partial charge is 0.315 e. The van der Waals surface area contributed by atoms with Crippen molar-refractivity contribution in [3.63, 3.8) is 0 Å². The van der Waals surface area contributed by atoms with Gasteiger partial charge in [0.1, 0.15) is 5.41 Å². The minimum atomic E-state index is -0.942. The number of aliphatic carboxylic acids is 1. The number of aromatic nitrogens is 1. The Morgan fingerprint density at radius 2 is 2.42 bits per heavy atom. The first-order chi connectivity index (χ1) is 8.96. The van der Waals surface area contributed by atoms with Crippen molar-refractivity contribution in [1.29, 1.82) is 0 Å². The highest BCUT2D eigenvalue weighted by atomic mass is 32.1. The van der Waals surface area contributed by atoms with Crippen molar-refractivity contribution < 1.29 is 14.6 Å². The van der Waals surface area contributed by atoms with Gasteiger partial charge in [-0.25, -0.2) is 4.98 Å². The fourth-order valence-electron chi connectivity index (χ4n) is 2.04. The summed E-state index contributed by atoms with van der Waals surface area (Å²) in [5.74, 6) is -0.849. The van der Waals surface area contributed by atoms with E-state index >= 15 is 0 Å². The molecule has 1 aliphatic heterocycles. The summed E-state index contributed by atoms with van der Waals surface area (Å²) in [5, 5.41) is 12.0.